The molecule has 2 fully saturated rings. The van der Waals surface area contributed by atoms with Gasteiger partial charge in [-0.15, -0.1) is 0 Å². The van der Waals surface area contributed by atoms with Crippen LogP contribution in [0.15, 0.2) is 22.7 Å². The van der Waals surface area contributed by atoms with Gasteiger partial charge in [0.15, 0.2) is 0 Å². The van der Waals surface area contributed by atoms with Gasteiger partial charge in [-0.1, -0.05) is 17.7 Å². The third kappa shape index (κ3) is 3.82. The lowest BCUT2D eigenvalue weighted by Crippen LogP contribution is -2.56. The second-order valence-corrected chi connectivity index (χ2v) is 7.31. The molecule has 2 saturated heterocycles. The Morgan fingerprint density at radius 1 is 1.36 bits per heavy atom. The number of halogens is 2. The topological polar surface area (TPSA) is 35.6 Å². The number of hydrogen-bond donors (Lipinski definition) is 1. The molecule has 6 heteroatoms. The van der Waals surface area contributed by atoms with Crippen molar-refractivity contribution < 1.29 is 4.79 Å². The van der Waals surface area contributed by atoms with Gasteiger partial charge in [0.1, 0.15) is 0 Å². The van der Waals surface area contributed by atoms with Crippen molar-refractivity contribution in [1.29, 1.82) is 0 Å². The molecule has 2 heterocycles. The highest BCUT2D eigenvalue weighted by Gasteiger charge is 2.29. The summed E-state index contributed by atoms with van der Waals surface area (Å²) in [6, 6.07) is 6.48. The Morgan fingerprint density at radius 2 is 2.23 bits per heavy atom. The molecule has 1 N–H and O–H groups in total. The zero-order valence-corrected chi connectivity index (χ0v) is 14.9. The van der Waals surface area contributed by atoms with Gasteiger partial charge in [-0.2, -0.15) is 0 Å². The van der Waals surface area contributed by atoms with Crippen LogP contribution in [0.3, 0.4) is 0 Å². The van der Waals surface area contributed by atoms with Crippen LogP contribution < -0.4 is 5.32 Å². The summed E-state index contributed by atoms with van der Waals surface area (Å²) in [6.07, 6.45) is 2.26. The molecule has 0 bridgehead atoms. The van der Waals surface area contributed by atoms with Crippen molar-refractivity contribution >= 4 is 33.4 Å². The number of piperazine rings is 1. The molecule has 0 spiro atoms. The Hall–Kier alpha value is -0.620. The number of hydrogen-bond acceptors (Lipinski definition) is 3. The van der Waals surface area contributed by atoms with Crippen molar-refractivity contribution in [3.05, 3.63) is 33.3 Å². The molecule has 1 aromatic carbocycles. The minimum atomic E-state index is 0.241. The molecule has 120 valence electrons. The Kier molecular flexibility index (Phi) is 5.39. The summed E-state index contributed by atoms with van der Waals surface area (Å²) in [7, 11) is 0. The van der Waals surface area contributed by atoms with E-state index in [-0.39, 0.29) is 5.91 Å². The molecule has 2 aliphatic heterocycles. The Balaban J connectivity index is 1.62. The summed E-state index contributed by atoms with van der Waals surface area (Å²) < 4.78 is 0.931. The highest BCUT2D eigenvalue weighted by Crippen LogP contribution is 2.25. The van der Waals surface area contributed by atoms with Crippen molar-refractivity contribution in [2.45, 2.75) is 25.4 Å². The van der Waals surface area contributed by atoms with Gasteiger partial charge in [0.25, 0.3) is 0 Å². The molecule has 4 nitrogen and oxygen atoms in total. The third-order valence-corrected chi connectivity index (χ3v) is 5.67. The SMILES string of the molecule is O=C1CNCCN1C1CCCN(Cc2ccc(Br)c(Cl)c2)C1. The van der Waals surface area contributed by atoms with E-state index in [0.717, 1.165) is 55.1 Å². The number of nitrogens with one attached hydrogen (secondary N) is 1. The van der Waals surface area contributed by atoms with Gasteiger partial charge in [0.05, 0.1) is 11.6 Å². The lowest BCUT2D eigenvalue weighted by molar-refractivity contribution is -0.135. The predicted molar refractivity (Wildman–Crippen MR) is 92.0 cm³/mol. The average molecular weight is 387 g/mol. The molecule has 0 aromatic heterocycles. The van der Waals surface area contributed by atoms with E-state index in [1.54, 1.807) is 0 Å². The van der Waals surface area contributed by atoms with Crippen LogP contribution >= 0.6 is 27.5 Å². The molecule has 0 radical (unpaired) electrons. The second kappa shape index (κ2) is 7.30. The Labute approximate surface area is 144 Å². The predicted octanol–water partition coefficient (Wildman–Crippen LogP) is 2.50. The fourth-order valence-electron chi connectivity index (χ4n) is 3.33. The molecule has 0 saturated carbocycles. The molecule has 1 unspecified atom stereocenters. The van der Waals surface area contributed by atoms with E-state index in [1.165, 1.54) is 5.56 Å². The van der Waals surface area contributed by atoms with Crippen LogP contribution in [0.25, 0.3) is 0 Å². The number of rotatable bonds is 3. The van der Waals surface area contributed by atoms with Gasteiger partial charge >= 0.3 is 0 Å². The number of benzene rings is 1. The maximum absolute atomic E-state index is 12.1. The number of piperidine rings is 1. The lowest BCUT2D eigenvalue weighted by Gasteiger charge is -2.41. The van der Waals surface area contributed by atoms with Gasteiger partial charge in [-0.25, -0.2) is 0 Å². The molecule has 2 aliphatic rings. The van der Waals surface area contributed by atoms with Gasteiger partial charge in [-0.05, 0) is 53.0 Å². The minimum absolute atomic E-state index is 0.241. The number of amides is 1. The number of likely N-dealkylation sites (tertiary alicyclic amines) is 1. The van der Waals surface area contributed by atoms with Crippen LogP contribution in [0.4, 0.5) is 0 Å². The third-order valence-electron chi connectivity index (χ3n) is 4.44. The van der Waals surface area contributed by atoms with Crippen LogP contribution in [-0.4, -0.2) is 54.5 Å². The smallest absolute Gasteiger partial charge is 0.236 e. The van der Waals surface area contributed by atoms with Gasteiger partial charge in [0, 0.05) is 36.7 Å². The molecule has 0 aliphatic carbocycles. The van der Waals surface area contributed by atoms with E-state index in [2.05, 4.69) is 37.1 Å². The van der Waals surface area contributed by atoms with E-state index < -0.39 is 0 Å². The second-order valence-electron chi connectivity index (χ2n) is 6.04. The van der Waals surface area contributed by atoms with E-state index >= 15 is 0 Å². The lowest BCUT2D eigenvalue weighted by atomic mass is 10.0. The van der Waals surface area contributed by atoms with E-state index in [1.807, 2.05) is 12.1 Å². The quantitative estimate of drug-likeness (QED) is 0.867. The molecule has 1 aromatic rings. The van der Waals surface area contributed by atoms with Crippen molar-refractivity contribution in [3.8, 4) is 0 Å². The maximum atomic E-state index is 12.1. The largest absolute Gasteiger partial charge is 0.336 e. The summed E-state index contributed by atoms with van der Waals surface area (Å²) in [5.41, 5.74) is 1.22. The van der Waals surface area contributed by atoms with Crippen molar-refractivity contribution in [2.24, 2.45) is 0 Å². The monoisotopic (exact) mass is 385 g/mol. The highest BCUT2D eigenvalue weighted by atomic mass is 79.9. The fraction of sp³-hybridized carbons (Fsp3) is 0.562. The molecule has 3 rings (SSSR count). The summed E-state index contributed by atoms with van der Waals surface area (Å²) in [6.45, 7) is 5.17. The number of carbonyl (C=O) groups excluding carboxylic acids is 1. The summed E-state index contributed by atoms with van der Waals surface area (Å²) in [5.74, 6) is 0.241. The van der Waals surface area contributed by atoms with Crippen LogP contribution in [0.5, 0.6) is 0 Å². The normalized spacial score (nSPS) is 23.8. The first-order chi connectivity index (χ1) is 10.6. The van der Waals surface area contributed by atoms with Crippen LogP contribution in [-0.2, 0) is 11.3 Å². The van der Waals surface area contributed by atoms with Gasteiger partial charge in [-0.3, -0.25) is 9.69 Å². The zero-order chi connectivity index (χ0) is 15.5. The average Bonchev–Trinajstić information content (AvgIpc) is 2.52. The minimum Gasteiger partial charge on any atom is -0.336 e. The Morgan fingerprint density at radius 3 is 3.00 bits per heavy atom. The summed E-state index contributed by atoms with van der Waals surface area (Å²) in [5, 5.41) is 3.90. The van der Waals surface area contributed by atoms with Crippen LogP contribution in [0, 0.1) is 0 Å². The molecular weight excluding hydrogens is 366 g/mol. The van der Waals surface area contributed by atoms with Crippen LogP contribution in [0.1, 0.15) is 18.4 Å². The van der Waals surface area contributed by atoms with Gasteiger partial charge in [0.2, 0.25) is 5.91 Å². The first kappa shape index (κ1) is 16.2. The summed E-state index contributed by atoms with van der Waals surface area (Å²) >= 11 is 9.60. The summed E-state index contributed by atoms with van der Waals surface area (Å²) in [4.78, 5) is 16.6. The van der Waals surface area contributed by atoms with E-state index in [4.69, 9.17) is 11.6 Å². The molecule has 1 amide bonds. The molecular formula is C16H21BrClN3O. The Bertz CT molecular complexity index is 554. The van der Waals surface area contributed by atoms with E-state index in [9.17, 15) is 4.79 Å². The van der Waals surface area contributed by atoms with Gasteiger partial charge < -0.3 is 10.2 Å². The molecule has 22 heavy (non-hydrogen) atoms. The first-order valence-electron chi connectivity index (χ1n) is 7.80. The van der Waals surface area contributed by atoms with Crippen molar-refractivity contribution in [1.82, 2.24) is 15.1 Å². The number of carbonyl (C=O) groups is 1. The zero-order valence-electron chi connectivity index (χ0n) is 12.5. The standard InChI is InChI=1S/C16H21BrClN3O/c17-14-4-3-12(8-15(14)18)10-20-6-1-2-13(11-20)21-7-5-19-9-16(21)22/h3-4,8,13,19H,1-2,5-7,9-11H2. The fourth-order valence-corrected chi connectivity index (χ4v) is 3.78. The maximum Gasteiger partial charge on any atom is 0.236 e. The molecule has 1 atom stereocenters. The number of nitrogens with zero attached hydrogens (tertiary/aromatic N) is 2. The van der Waals surface area contributed by atoms with Crippen molar-refractivity contribution in [2.75, 3.05) is 32.7 Å². The first-order valence-corrected chi connectivity index (χ1v) is 8.97. The highest BCUT2D eigenvalue weighted by molar-refractivity contribution is 9.10. The van der Waals surface area contributed by atoms with Crippen molar-refractivity contribution in [3.63, 3.8) is 0 Å². The van der Waals surface area contributed by atoms with E-state index in [0.29, 0.717) is 12.6 Å². The van der Waals surface area contributed by atoms with Crippen LogP contribution in [0.2, 0.25) is 5.02 Å².